The lowest BCUT2D eigenvalue weighted by Gasteiger charge is -2.24. The second-order valence-corrected chi connectivity index (χ2v) is 10.2. The van der Waals surface area contributed by atoms with Crippen molar-refractivity contribution < 1.29 is 9.53 Å². The van der Waals surface area contributed by atoms with Crippen LogP contribution in [0.3, 0.4) is 0 Å². The Morgan fingerprint density at radius 1 is 0.972 bits per heavy atom. The number of anilines is 2. The van der Waals surface area contributed by atoms with Gasteiger partial charge in [-0.15, -0.1) is 11.3 Å². The van der Waals surface area contributed by atoms with Gasteiger partial charge >= 0.3 is 0 Å². The molecule has 1 aliphatic carbocycles. The molecule has 2 aromatic heterocycles. The zero-order valence-corrected chi connectivity index (χ0v) is 21.6. The molecule has 1 unspecified atom stereocenters. The number of carbonyl (C=O) groups is 1. The molecule has 36 heavy (non-hydrogen) atoms. The molecular formula is C29H30N4O2S. The maximum atomic E-state index is 13.2. The van der Waals surface area contributed by atoms with E-state index in [4.69, 9.17) is 4.74 Å². The van der Waals surface area contributed by atoms with Crippen molar-refractivity contribution in [1.82, 2.24) is 9.97 Å². The molecule has 5 rings (SSSR count). The van der Waals surface area contributed by atoms with E-state index in [0.29, 0.717) is 11.5 Å². The van der Waals surface area contributed by atoms with Gasteiger partial charge in [0.25, 0.3) is 5.91 Å². The maximum Gasteiger partial charge on any atom is 0.256 e. The van der Waals surface area contributed by atoms with Crippen molar-refractivity contribution in [3.8, 4) is 5.75 Å². The molecule has 0 saturated carbocycles. The minimum absolute atomic E-state index is 0.105. The maximum absolute atomic E-state index is 13.2. The summed E-state index contributed by atoms with van der Waals surface area (Å²) in [4.78, 5) is 23.9. The third kappa shape index (κ3) is 5.11. The Labute approximate surface area is 215 Å². The number of aromatic nitrogens is 2. The molecule has 2 N–H and O–H groups in total. The summed E-state index contributed by atoms with van der Waals surface area (Å²) in [5.74, 6) is 1.26. The highest BCUT2D eigenvalue weighted by Gasteiger charge is 2.29. The first-order valence-electron chi connectivity index (χ1n) is 12.3. The van der Waals surface area contributed by atoms with Crippen molar-refractivity contribution in [3.63, 3.8) is 0 Å². The Hall–Kier alpha value is -3.71. The van der Waals surface area contributed by atoms with Crippen molar-refractivity contribution >= 4 is 28.2 Å². The average molecular weight is 499 g/mol. The summed E-state index contributed by atoms with van der Waals surface area (Å²) in [6, 6.07) is 19.1. The van der Waals surface area contributed by atoms with Gasteiger partial charge in [-0.3, -0.25) is 4.79 Å². The van der Waals surface area contributed by atoms with Crippen LogP contribution >= 0.6 is 11.3 Å². The highest BCUT2D eigenvalue weighted by Crippen LogP contribution is 2.44. The Morgan fingerprint density at radius 2 is 1.67 bits per heavy atom. The number of amides is 1. The summed E-state index contributed by atoms with van der Waals surface area (Å²) in [7, 11) is 1.67. The Balaban J connectivity index is 1.62. The fourth-order valence-electron chi connectivity index (χ4n) is 4.79. The van der Waals surface area contributed by atoms with Crippen LogP contribution in [0.25, 0.3) is 0 Å². The Morgan fingerprint density at radius 3 is 2.36 bits per heavy atom. The third-order valence-electron chi connectivity index (χ3n) is 6.47. The lowest BCUT2D eigenvalue weighted by molar-refractivity contribution is 0.102. The van der Waals surface area contributed by atoms with Crippen LogP contribution in [0.1, 0.15) is 62.2 Å². The third-order valence-corrected chi connectivity index (χ3v) is 7.69. The number of nitrogens with zero attached hydrogens (tertiary/aromatic N) is 2. The molecular weight excluding hydrogens is 468 g/mol. The van der Waals surface area contributed by atoms with Gasteiger partial charge in [0.15, 0.2) is 0 Å². The number of rotatable bonds is 7. The summed E-state index contributed by atoms with van der Waals surface area (Å²) >= 11 is 1.70. The summed E-state index contributed by atoms with van der Waals surface area (Å²) in [6.07, 6.45) is 4.33. The largest absolute Gasteiger partial charge is 0.497 e. The Kier molecular flexibility index (Phi) is 7.00. The molecule has 0 saturated heterocycles. The van der Waals surface area contributed by atoms with Gasteiger partial charge in [-0.05, 0) is 81.0 Å². The first kappa shape index (κ1) is 24.0. The van der Waals surface area contributed by atoms with Crippen LogP contribution in [0.2, 0.25) is 0 Å². The van der Waals surface area contributed by atoms with Crippen LogP contribution in [-0.2, 0) is 12.8 Å². The van der Waals surface area contributed by atoms with E-state index in [1.165, 1.54) is 16.9 Å². The molecule has 0 radical (unpaired) electrons. The van der Waals surface area contributed by atoms with E-state index in [9.17, 15) is 4.79 Å². The van der Waals surface area contributed by atoms with E-state index in [0.717, 1.165) is 52.5 Å². The molecule has 0 fully saturated rings. The first-order chi connectivity index (χ1) is 17.5. The predicted molar refractivity (Wildman–Crippen MR) is 145 cm³/mol. The number of nitrogens with one attached hydrogen (secondary N) is 2. The summed E-state index contributed by atoms with van der Waals surface area (Å²) in [6.45, 7) is 3.94. The fourth-order valence-corrected chi connectivity index (χ4v) is 6.11. The average Bonchev–Trinajstić information content (AvgIpc) is 3.25. The van der Waals surface area contributed by atoms with Gasteiger partial charge in [-0.25, -0.2) is 9.97 Å². The molecule has 0 bridgehead atoms. The minimum Gasteiger partial charge on any atom is -0.497 e. The lowest BCUT2D eigenvalue weighted by Crippen LogP contribution is -2.19. The molecule has 2 aromatic carbocycles. The molecule has 7 heteroatoms. The Bertz CT molecular complexity index is 1350. The molecule has 1 aliphatic rings. The van der Waals surface area contributed by atoms with Crippen LogP contribution in [0.15, 0.2) is 60.7 Å². The second-order valence-electron chi connectivity index (χ2n) is 9.10. The topological polar surface area (TPSA) is 76.1 Å². The molecule has 184 valence electrons. The quantitative estimate of drug-likeness (QED) is 0.304. The summed E-state index contributed by atoms with van der Waals surface area (Å²) < 4.78 is 5.41. The zero-order chi connectivity index (χ0) is 25.1. The number of thiophene rings is 1. The summed E-state index contributed by atoms with van der Waals surface area (Å²) in [5, 5.41) is 7.73. The molecule has 0 spiro atoms. The number of benzene rings is 2. The number of aryl methyl sites for hydroxylation is 3. The van der Waals surface area contributed by atoms with Crippen molar-refractivity contribution in [3.05, 3.63) is 99.2 Å². The highest BCUT2D eigenvalue weighted by molar-refractivity contribution is 7.16. The van der Waals surface area contributed by atoms with Gasteiger partial charge in [-0.2, -0.15) is 0 Å². The van der Waals surface area contributed by atoms with Crippen LogP contribution in [-0.4, -0.2) is 23.0 Å². The van der Waals surface area contributed by atoms with E-state index in [1.54, 1.807) is 18.4 Å². The normalized spacial score (nSPS) is 13.5. The summed E-state index contributed by atoms with van der Waals surface area (Å²) in [5.41, 5.74) is 5.94. The van der Waals surface area contributed by atoms with Crippen LogP contribution in [0, 0.1) is 13.8 Å². The van der Waals surface area contributed by atoms with Crippen molar-refractivity contribution in [2.45, 2.75) is 45.6 Å². The van der Waals surface area contributed by atoms with Crippen molar-refractivity contribution in [2.75, 3.05) is 17.7 Å². The van der Waals surface area contributed by atoms with E-state index < -0.39 is 0 Å². The molecule has 6 nitrogen and oxygen atoms in total. The van der Waals surface area contributed by atoms with E-state index in [1.807, 2.05) is 62.4 Å². The molecule has 4 aromatic rings. The van der Waals surface area contributed by atoms with Gasteiger partial charge in [0.05, 0.1) is 13.2 Å². The van der Waals surface area contributed by atoms with Crippen LogP contribution in [0.4, 0.5) is 10.9 Å². The van der Waals surface area contributed by atoms with Gasteiger partial charge in [-0.1, -0.05) is 30.3 Å². The van der Waals surface area contributed by atoms with Crippen LogP contribution in [0.5, 0.6) is 5.75 Å². The molecule has 1 amide bonds. The number of carbonyl (C=O) groups excluding carboxylic acids is 1. The van der Waals surface area contributed by atoms with Gasteiger partial charge in [0.2, 0.25) is 5.95 Å². The van der Waals surface area contributed by atoms with E-state index >= 15 is 0 Å². The minimum atomic E-state index is -0.235. The number of hydrogen-bond donors (Lipinski definition) is 2. The highest BCUT2D eigenvalue weighted by atomic mass is 32.1. The lowest BCUT2D eigenvalue weighted by atomic mass is 9.89. The smallest absolute Gasteiger partial charge is 0.256 e. The first-order valence-corrected chi connectivity index (χ1v) is 13.1. The van der Waals surface area contributed by atoms with E-state index in [-0.39, 0.29) is 11.9 Å². The molecule has 1 atom stereocenters. The number of ether oxygens (including phenoxy) is 1. The fraction of sp³-hybridized carbons (Fsp3) is 0.276. The second kappa shape index (κ2) is 10.5. The number of methoxy groups -OCH3 is 1. The van der Waals surface area contributed by atoms with E-state index in [2.05, 4.69) is 32.7 Å². The van der Waals surface area contributed by atoms with Crippen molar-refractivity contribution in [1.29, 1.82) is 0 Å². The van der Waals surface area contributed by atoms with Gasteiger partial charge in [0.1, 0.15) is 10.8 Å². The number of fused-ring (bicyclic) bond motifs is 1. The zero-order valence-electron chi connectivity index (χ0n) is 20.8. The number of hydrogen-bond acceptors (Lipinski definition) is 6. The SMILES string of the molecule is COc1ccc(C(Nc2nc(C)cc(C)n2)c2c(NC(=O)c3ccccc3)sc3c2CCCC3)cc1. The van der Waals surface area contributed by atoms with Crippen molar-refractivity contribution in [2.24, 2.45) is 0 Å². The molecule has 2 heterocycles. The monoisotopic (exact) mass is 498 g/mol. The van der Waals surface area contributed by atoms with Crippen LogP contribution < -0.4 is 15.4 Å². The standard InChI is InChI=1S/C29H30N4O2S/c1-18-17-19(2)31-29(30-18)32-26(20-13-15-22(35-3)16-14-20)25-23-11-7-8-12-24(23)36-28(25)33-27(34)21-9-5-4-6-10-21/h4-6,9-10,13-17,26H,7-8,11-12H2,1-3H3,(H,33,34)(H,30,31,32). The van der Waals surface area contributed by atoms with Gasteiger partial charge < -0.3 is 15.4 Å². The van der Waals surface area contributed by atoms with Gasteiger partial charge in [0, 0.05) is 27.4 Å². The molecule has 0 aliphatic heterocycles. The predicted octanol–water partition coefficient (Wildman–Crippen LogP) is 6.50.